The number of methoxy groups -OCH3 is 1. The topological polar surface area (TPSA) is 87.7 Å². The quantitative estimate of drug-likeness (QED) is 0.298. The van der Waals surface area contributed by atoms with Crippen LogP contribution in [0.15, 0.2) is 94.4 Å². The van der Waals surface area contributed by atoms with Crippen LogP contribution in [-0.2, 0) is 14.3 Å². The van der Waals surface area contributed by atoms with Gasteiger partial charge in [0.1, 0.15) is 10.6 Å². The summed E-state index contributed by atoms with van der Waals surface area (Å²) in [7, 11) is 1.59. The zero-order valence-corrected chi connectivity index (χ0v) is 20.9. The molecule has 0 atom stereocenters. The fraction of sp³-hybridized carbons (Fsp3) is 0.179. The van der Waals surface area contributed by atoms with Crippen LogP contribution in [0.1, 0.15) is 22.3 Å². The van der Waals surface area contributed by atoms with Gasteiger partial charge in [-0.25, -0.2) is 0 Å². The minimum atomic E-state index is -0.357. The van der Waals surface area contributed by atoms with E-state index in [0.29, 0.717) is 29.2 Å². The number of carbonyl (C=O) groups excluding carboxylic acids is 3. The van der Waals surface area contributed by atoms with Gasteiger partial charge in [-0.2, -0.15) is 0 Å². The van der Waals surface area contributed by atoms with Gasteiger partial charge in [-0.05, 0) is 61.9 Å². The van der Waals surface area contributed by atoms with Crippen molar-refractivity contribution in [3.05, 3.63) is 101 Å². The van der Waals surface area contributed by atoms with Crippen molar-refractivity contribution in [2.75, 3.05) is 30.9 Å². The number of amides is 3. The van der Waals surface area contributed by atoms with Gasteiger partial charge in [0.25, 0.3) is 17.7 Å². The van der Waals surface area contributed by atoms with Gasteiger partial charge in [0.15, 0.2) is 0 Å². The summed E-state index contributed by atoms with van der Waals surface area (Å²) >= 11 is 1.22. The van der Waals surface area contributed by atoms with Crippen molar-refractivity contribution in [3.63, 3.8) is 0 Å². The molecule has 0 aliphatic carbocycles. The van der Waals surface area contributed by atoms with Crippen molar-refractivity contribution in [2.45, 2.75) is 18.2 Å². The first-order chi connectivity index (χ1) is 17.5. The highest BCUT2D eigenvalue weighted by molar-refractivity contribution is 8.04. The molecule has 4 rings (SSSR count). The minimum absolute atomic E-state index is 0.198. The molecule has 0 saturated heterocycles. The number of nitrogens with zero attached hydrogens (tertiary/aromatic N) is 1. The molecule has 3 aromatic rings. The first kappa shape index (κ1) is 25.2. The fourth-order valence-corrected chi connectivity index (χ4v) is 4.57. The van der Waals surface area contributed by atoms with E-state index in [1.165, 1.54) is 16.7 Å². The van der Waals surface area contributed by atoms with Crippen LogP contribution in [-0.4, -0.2) is 42.9 Å². The Balaban J connectivity index is 1.51. The molecule has 2 N–H and O–H groups in total. The smallest absolute Gasteiger partial charge is 0.278 e. The summed E-state index contributed by atoms with van der Waals surface area (Å²) in [5, 5.41) is 6.01. The first-order valence-corrected chi connectivity index (χ1v) is 12.4. The van der Waals surface area contributed by atoms with Crippen LogP contribution in [0.4, 0.5) is 11.4 Å². The maximum atomic E-state index is 13.2. The molecule has 1 heterocycles. The molecule has 0 unspecified atom stereocenters. The second-order valence-electron chi connectivity index (χ2n) is 8.25. The second-order valence-corrected chi connectivity index (χ2v) is 9.33. The van der Waals surface area contributed by atoms with Crippen LogP contribution >= 0.6 is 11.8 Å². The molecule has 1 aliphatic heterocycles. The molecule has 8 heteroatoms. The van der Waals surface area contributed by atoms with Crippen molar-refractivity contribution in [1.82, 2.24) is 4.90 Å². The van der Waals surface area contributed by atoms with Crippen LogP contribution in [0.5, 0.6) is 0 Å². The number of hydrogen-bond donors (Lipinski definition) is 2. The Hall–Kier alpha value is -3.88. The number of carbonyl (C=O) groups is 3. The summed E-state index contributed by atoms with van der Waals surface area (Å²) < 4.78 is 5.08. The number of rotatable bonds is 10. The van der Waals surface area contributed by atoms with Gasteiger partial charge < -0.3 is 15.4 Å². The minimum Gasteiger partial charge on any atom is -0.385 e. The average molecular weight is 502 g/mol. The molecule has 3 amide bonds. The van der Waals surface area contributed by atoms with E-state index < -0.39 is 0 Å². The van der Waals surface area contributed by atoms with E-state index in [1.807, 2.05) is 61.5 Å². The number of imide groups is 1. The Labute approximate surface area is 214 Å². The van der Waals surface area contributed by atoms with Crippen LogP contribution in [0.25, 0.3) is 0 Å². The number of thioether (sulfide) groups is 1. The summed E-state index contributed by atoms with van der Waals surface area (Å²) in [6.45, 7) is 2.70. The standard InChI is InChI=1S/C28H27N3O4S/c1-19-9-11-20(12-10-19)26(32)30-22-13-15-23(16-14-22)36-25-24(29-21-7-4-3-5-8-21)27(33)31(28(25)34)17-6-18-35-2/h3-5,7-16,29H,6,17-18H2,1-2H3,(H,30,32). The van der Waals surface area contributed by atoms with Gasteiger partial charge in [0, 0.05) is 42.1 Å². The maximum Gasteiger partial charge on any atom is 0.278 e. The molecule has 1 aliphatic rings. The number of para-hydroxylation sites is 1. The van der Waals surface area contributed by atoms with Gasteiger partial charge in [-0.15, -0.1) is 0 Å². The lowest BCUT2D eigenvalue weighted by Gasteiger charge is -2.14. The van der Waals surface area contributed by atoms with Crippen molar-refractivity contribution in [1.29, 1.82) is 0 Å². The van der Waals surface area contributed by atoms with Crippen molar-refractivity contribution in [2.24, 2.45) is 0 Å². The Morgan fingerprint density at radius 1 is 0.889 bits per heavy atom. The highest BCUT2D eigenvalue weighted by Gasteiger charge is 2.38. The third kappa shape index (κ3) is 6.02. The molecule has 184 valence electrons. The summed E-state index contributed by atoms with van der Waals surface area (Å²) in [5.74, 6) is -0.892. The Morgan fingerprint density at radius 2 is 1.58 bits per heavy atom. The van der Waals surface area contributed by atoms with Gasteiger partial charge in [-0.1, -0.05) is 47.7 Å². The summed E-state index contributed by atoms with van der Waals surface area (Å²) in [6, 6.07) is 23.8. The first-order valence-electron chi connectivity index (χ1n) is 11.5. The van der Waals surface area contributed by atoms with Crippen LogP contribution in [0.3, 0.4) is 0 Å². The lowest BCUT2D eigenvalue weighted by Crippen LogP contribution is -2.33. The molecule has 0 aromatic heterocycles. The number of ether oxygens (including phenoxy) is 1. The van der Waals surface area contributed by atoms with Crippen LogP contribution in [0.2, 0.25) is 0 Å². The molecule has 36 heavy (non-hydrogen) atoms. The zero-order valence-electron chi connectivity index (χ0n) is 20.1. The zero-order chi connectivity index (χ0) is 25.5. The number of benzene rings is 3. The predicted molar refractivity (Wildman–Crippen MR) is 142 cm³/mol. The second kappa shape index (κ2) is 11.7. The van der Waals surface area contributed by atoms with Gasteiger partial charge in [-0.3, -0.25) is 19.3 Å². The number of nitrogens with one attached hydrogen (secondary N) is 2. The maximum absolute atomic E-state index is 13.2. The predicted octanol–water partition coefficient (Wildman–Crippen LogP) is 5.07. The molecule has 7 nitrogen and oxygen atoms in total. The van der Waals surface area contributed by atoms with Gasteiger partial charge in [0.2, 0.25) is 0 Å². The van der Waals surface area contributed by atoms with E-state index >= 15 is 0 Å². The monoisotopic (exact) mass is 501 g/mol. The van der Waals surface area contributed by atoms with E-state index in [0.717, 1.165) is 16.1 Å². The van der Waals surface area contributed by atoms with Crippen LogP contribution in [0, 0.1) is 6.92 Å². The molecule has 0 radical (unpaired) electrons. The number of aryl methyl sites for hydroxylation is 1. The van der Waals surface area contributed by atoms with E-state index in [1.54, 1.807) is 31.4 Å². The average Bonchev–Trinajstić information content (AvgIpc) is 3.10. The number of hydrogen-bond acceptors (Lipinski definition) is 6. The molecule has 3 aromatic carbocycles. The molecule has 0 fully saturated rings. The lowest BCUT2D eigenvalue weighted by atomic mass is 10.1. The Kier molecular flexibility index (Phi) is 8.20. The summed E-state index contributed by atoms with van der Waals surface area (Å²) in [4.78, 5) is 41.2. The summed E-state index contributed by atoms with van der Waals surface area (Å²) in [6.07, 6.45) is 0.555. The summed E-state index contributed by atoms with van der Waals surface area (Å²) in [5.41, 5.74) is 3.27. The largest absolute Gasteiger partial charge is 0.385 e. The Morgan fingerprint density at radius 3 is 2.25 bits per heavy atom. The molecular formula is C28H27N3O4S. The SMILES string of the molecule is COCCCN1C(=O)C(Nc2ccccc2)=C(Sc2ccc(NC(=O)c3ccc(C)cc3)cc2)C1=O. The van der Waals surface area contributed by atoms with E-state index in [4.69, 9.17) is 4.74 Å². The van der Waals surface area contributed by atoms with Crippen molar-refractivity contribution < 1.29 is 19.1 Å². The van der Waals surface area contributed by atoms with Gasteiger partial charge in [0.05, 0.1) is 0 Å². The fourth-order valence-electron chi connectivity index (χ4n) is 3.63. The lowest BCUT2D eigenvalue weighted by molar-refractivity contribution is -0.137. The Bertz CT molecular complexity index is 1270. The normalized spacial score (nSPS) is 13.3. The molecule has 0 saturated carbocycles. The third-order valence-electron chi connectivity index (χ3n) is 5.54. The highest BCUT2D eigenvalue weighted by Crippen LogP contribution is 2.36. The molecule has 0 bridgehead atoms. The van der Waals surface area contributed by atoms with E-state index in [2.05, 4.69) is 10.6 Å². The van der Waals surface area contributed by atoms with Crippen LogP contribution < -0.4 is 10.6 Å². The highest BCUT2D eigenvalue weighted by atomic mass is 32.2. The van der Waals surface area contributed by atoms with E-state index in [9.17, 15) is 14.4 Å². The molecular weight excluding hydrogens is 474 g/mol. The van der Waals surface area contributed by atoms with Crippen molar-refractivity contribution >= 4 is 40.9 Å². The van der Waals surface area contributed by atoms with Crippen molar-refractivity contribution in [3.8, 4) is 0 Å². The third-order valence-corrected chi connectivity index (χ3v) is 6.64. The van der Waals surface area contributed by atoms with Gasteiger partial charge >= 0.3 is 0 Å². The molecule has 0 spiro atoms. The number of anilines is 2. The van der Waals surface area contributed by atoms with E-state index in [-0.39, 0.29) is 30.0 Å².